The van der Waals surface area contributed by atoms with Crippen LogP contribution in [-0.4, -0.2) is 17.0 Å². The van der Waals surface area contributed by atoms with Crippen LogP contribution in [0, 0.1) is 10.5 Å². The van der Waals surface area contributed by atoms with Gasteiger partial charge in [0.1, 0.15) is 17.4 Å². The maximum atomic E-state index is 5.95. The Morgan fingerprint density at radius 2 is 1.71 bits per heavy atom. The lowest BCUT2D eigenvalue weighted by molar-refractivity contribution is 0.442. The van der Waals surface area contributed by atoms with Crippen molar-refractivity contribution in [3.8, 4) is 11.6 Å². The summed E-state index contributed by atoms with van der Waals surface area (Å²) in [7, 11) is 1.86. The molecule has 5 heteroatoms. The summed E-state index contributed by atoms with van der Waals surface area (Å²) in [5, 5.41) is 3.11. The third-order valence-electron chi connectivity index (χ3n) is 3.04. The molecule has 0 radical (unpaired) electrons. The molecule has 0 saturated carbocycles. The molecular formula is C16H20IN3O. The summed E-state index contributed by atoms with van der Waals surface area (Å²) in [6.45, 7) is 8.23. The van der Waals surface area contributed by atoms with Gasteiger partial charge in [-0.1, -0.05) is 20.8 Å². The SMILES string of the molecule is CNc1nc(C(C)(C)C)nc(Oc2ccc(I)cc2)c1C. The van der Waals surface area contributed by atoms with Crippen molar-refractivity contribution in [2.24, 2.45) is 0 Å². The Balaban J connectivity index is 2.44. The van der Waals surface area contributed by atoms with E-state index in [1.54, 1.807) is 0 Å². The fraction of sp³-hybridized carbons (Fsp3) is 0.375. The molecule has 0 bridgehead atoms. The first kappa shape index (κ1) is 16.0. The van der Waals surface area contributed by atoms with Crippen molar-refractivity contribution in [2.75, 3.05) is 12.4 Å². The van der Waals surface area contributed by atoms with E-state index in [0.717, 1.165) is 23.0 Å². The number of rotatable bonds is 3. The van der Waals surface area contributed by atoms with Gasteiger partial charge in [-0.3, -0.25) is 0 Å². The monoisotopic (exact) mass is 397 g/mol. The van der Waals surface area contributed by atoms with Gasteiger partial charge in [0.25, 0.3) is 0 Å². The molecule has 2 aromatic rings. The summed E-state index contributed by atoms with van der Waals surface area (Å²) in [4.78, 5) is 9.17. The molecule has 0 fully saturated rings. The summed E-state index contributed by atoms with van der Waals surface area (Å²) in [5.41, 5.74) is 0.771. The van der Waals surface area contributed by atoms with Gasteiger partial charge in [0.05, 0.1) is 5.56 Å². The van der Waals surface area contributed by atoms with Gasteiger partial charge in [0.2, 0.25) is 5.88 Å². The normalized spacial score (nSPS) is 11.3. The van der Waals surface area contributed by atoms with Crippen LogP contribution in [0.1, 0.15) is 32.2 Å². The van der Waals surface area contributed by atoms with Gasteiger partial charge in [-0.15, -0.1) is 0 Å². The number of nitrogens with zero attached hydrogens (tertiary/aromatic N) is 2. The molecule has 0 aliphatic rings. The molecule has 0 unspecified atom stereocenters. The lowest BCUT2D eigenvalue weighted by atomic mass is 9.95. The molecule has 0 aliphatic carbocycles. The molecule has 1 heterocycles. The molecule has 0 saturated heterocycles. The van der Waals surface area contributed by atoms with Crippen LogP contribution in [0.15, 0.2) is 24.3 Å². The molecule has 1 N–H and O–H groups in total. The molecule has 0 spiro atoms. The summed E-state index contributed by atoms with van der Waals surface area (Å²) in [6.07, 6.45) is 0. The Labute approximate surface area is 139 Å². The summed E-state index contributed by atoms with van der Waals surface area (Å²) >= 11 is 2.27. The second-order valence-corrected chi connectivity index (χ2v) is 7.13. The Kier molecular flexibility index (Phi) is 4.70. The Morgan fingerprint density at radius 1 is 1.10 bits per heavy atom. The van der Waals surface area contributed by atoms with Crippen LogP contribution < -0.4 is 10.1 Å². The second-order valence-electron chi connectivity index (χ2n) is 5.88. The van der Waals surface area contributed by atoms with E-state index in [2.05, 4.69) is 58.6 Å². The molecule has 21 heavy (non-hydrogen) atoms. The highest BCUT2D eigenvalue weighted by molar-refractivity contribution is 14.1. The third kappa shape index (κ3) is 3.84. The highest BCUT2D eigenvalue weighted by atomic mass is 127. The number of aromatic nitrogens is 2. The van der Waals surface area contributed by atoms with E-state index in [-0.39, 0.29) is 5.41 Å². The topological polar surface area (TPSA) is 47.0 Å². The first-order valence-corrected chi connectivity index (χ1v) is 7.89. The number of hydrogen-bond acceptors (Lipinski definition) is 4. The Bertz CT molecular complexity index is 633. The molecule has 0 atom stereocenters. The van der Waals surface area contributed by atoms with Crippen LogP contribution in [0.4, 0.5) is 5.82 Å². The van der Waals surface area contributed by atoms with E-state index in [9.17, 15) is 0 Å². The average molecular weight is 397 g/mol. The van der Waals surface area contributed by atoms with Crippen molar-refractivity contribution in [3.05, 3.63) is 39.2 Å². The van der Waals surface area contributed by atoms with Gasteiger partial charge in [0, 0.05) is 16.0 Å². The van der Waals surface area contributed by atoms with E-state index in [0.29, 0.717) is 5.88 Å². The van der Waals surface area contributed by atoms with Gasteiger partial charge in [-0.05, 0) is 53.8 Å². The average Bonchev–Trinajstić information content (AvgIpc) is 2.42. The van der Waals surface area contributed by atoms with Crippen molar-refractivity contribution in [2.45, 2.75) is 33.1 Å². The number of halogens is 1. The van der Waals surface area contributed by atoms with Crippen molar-refractivity contribution < 1.29 is 4.74 Å². The number of ether oxygens (including phenoxy) is 1. The second kappa shape index (κ2) is 6.17. The minimum atomic E-state index is -0.135. The van der Waals surface area contributed by atoms with Crippen LogP contribution in [0.2, 0.25) is 0 Å². The number of hydrogen-bond donors (Lipinski definition) is 1. The Morgan fingerprint density at radius 3 is 2.24 bits per heavy atom. The lowest BCUT2D eigenvalue weighted by Gasteiger charge is -2.20. The molecule has 1 aromatic heterocycles. The van der Waals surface area contributed by atoms with Crippen LogP contribution in [-0.2, 0) is 5.41 Å². The fourth-order valence-electron chi connectivity index (χ4n) is 1.79. The zero-order chi connectivity index (χ0) is 15.6. The summed E-state index contributed by atoms with van der Waals surface area (Å²) in [6, 6.07) is 7.91. The van der Waals surface area contributed by atoms with Crippen molar-refractivity contribution in [3.63, 3.8) is 0 Å². The molecule has 1 aromatic carbocycles. The minimum absolute atomic E-state index is 0.135. The summed E-state index contributed by atoms with van der Waals surface area (Å²) < 4.78 is 7.12. The maximum Gasteiger partial charge on any atom is 0.227 e. The minimum Gasteiger partial charge on any atom is -0.439 e. The fourth-order valence-corrected chi connectivity index (χ4v) is 2.15. The predicted molar refractivity (Wildman–Crippen MR) is 94.2 cm³/mol. The predicted octanol–water partition coefficient (Wildman–Crippen LogP) is 4.52. The van der Waals surface area contributed by atoms with Crippen LogP contribution in [0.25, 0.3) is 0 Å². The third-order valence-corrected chi connectivity index (χ3v) is 3.76. The first-order chi connectivity index (χ1) is 9.81. The number of nitrogens with one attached hydrogen (secondary N) is 1. The van der Waals surface area contributed by atoms with Crippen molar-refractivity contribution in [1.29, 1.82) is 0 Å². The number of benzene rings is 1. The smallest absolute Gasteiger partial charge is 0.227 e. The molecule has 2 rings (SSSR count). The molecule has 4 nitrogen and oxygen atoms in total. The molecule has 112 valence electrons. The molecule has 0 amide bonds. The quantitative estimate of drug-likeness (QED) is 0.774. The highest BCUT2D eigenvalue weighted by Gasteiger charge is 2.21. The van der Waals surface area contributed by atoms with Crippen LogP contribution in [0.5, 0.6) is 11.6 Å². The molecule has 0 aliphatic heterocycles. The van der Waals surface area contributed by atoms with Gasteiger partial charge < -0.3 is 10.1 Å². The zero-order valence-electron chi connectivity index (χ0n) is 13.0. The maximum absolute atomic E-state index is 5.95. The van der Waals surface area contributed by atoms with E-state index >= 15 is 0 Å². The van der Waals surface area contributed by atoms with Gasteiger partial charge in [0.15, 0.2) is 0 Å². The van der Waals surface area contributed by atoms with Gasteiger partial charge in [-0.25, -0.2) is 4.98 Å². The van der Waals surface area contributed by atoms with E-state index in [1.165, 1.54) is 3.57 Å². The summed E-state index contributed by atoms with van der Waals surface area (Å²) in [5.74, 6) is 2.94. The van der Waals surface area contributed by atoms with Crippen LogP contribution >= 0.6 is 22.6 Å². The van der Waals surface area contributed by atoms with Gasteiger partial charge in [-0.2, -0.15) is 4.98 Å². The standard InChI is InChI=1S/C16H20IN3O/c1-10-13(18-5)19-15(16(2,3)4)20-14(10)21-12-8-6-11(17)7-9-12/h6-9H,1-5H3,(H,18,19,20). The lowest BCUT2D eigenvalue weighted by Crippen LogP contribution is -2.18. The molecular weight excluding hydrogens is 377 g/mol. The Hall–Kier alpha value is -1.37. The largest absolute Gasteiger partial charge is 0.439 e. The van der Waals surface area contributed by atoms with E-state index in [4.69, 9.17) is 4.74 Å². The van der Waals surface area contributed by atoms with E-state index < -0.39 is 0 Å². The van der Waals surface area contributed by atoms with Gasteiger partial charge >= 0.3 is 0 Å². The van der Waals surface area contributed by atoms with E-state index in [1.807, 2.05) is 38.2 Å². The van der Waals surface area contributed by atoms with Crippen molar-refractivity contribution >= 4 is 28.4 Å². The van der Waals surface area contributed by atoms with Crippen molar-refractivity contribution in [1.82, 2.24) is 9.97 Å². The highest BCUT2D eigenvalue weighted by Crippen LogP contribution is 2.30. The zero-order valence-corrected chi connectivity index (χ0v) is 15.1. The van der Waals surface area contributed by atoms with Crippen LogP contribution in [0.3, 0.4) is 0 Å². The first-order valence-electron chi connectivity index (χ1n) is 6.81. The number of anilines is 1.